The summed E-state index contributed by atoms with van der Waals surface area (Å²) in [6.45, 7) is 0.239. The molecule has 31 heavy (non-hydrogen) atoms. The molecular weight excluding hydrogens is 397 g/mol. The molecule has 0 spiro atoms. The van der Waals surface area contributed by atoms with Gasteiger partial charge in [0.05, 0.1) is 30.9 Å². The normalized spacial score (nSPS) is 10.8. The number of benzene rings is 3. The Kier molecular flexibility index (Phi) is 5.80. The van der Waals surface area contributed by atoms with Crippen molar-refractivity contribution in [2.24, 2.45) is 0 Å². The van der Waals surface area contributed by atoms with E-state index in [2.05, 4.69) is 0 Å². The van der Waals surface area contributed by atoms with Crippen LogP contribution in [0.25, 0.3) is 11.0 Å². The zero-order valence-corrected chi connectivity index (χ0v) is 16.9. The summed E-state index contributed by atoms with van der Waals surface area (Å²) in [6.07, 6.45) is 1.39. The summed E-state index contributed by atoms with van der Waals surface area (Å²) < 4.78 is 24.2. The summed E-state index contributed by atoms with van der Waals surface area (Å²) in [7, 11) is 1.53. The van der Waals surface area contributed by atoms with Gasteiger partial charge < -0.3 is 14.1 Å². The van der Waals surface area contributed by atoms with Gasteiger partial charge in [0.15, 0.2) is 5.43 Å². The van der Waals surface area contributed by atoms with Crippen LogP contribution < -0.4 is 10.2 Å². The van der Waals surface area contributed by atoms with Crippen molar-refractivity contribution in [3.63, 3.8) is 0 Å². The first-order chi connectivity index (χ1) is 15.0. The number of hydrogen-bond donors (Lipinski definition) is 0. The lowest BCUT2D eigenvalue weighted by Gasteiger charge is -2.23. The van der Waals surface area contributed by atoms with Gasteiger partial charge >= 0.3 is 0 Å². The zero-order chi connectivity index (χ0) is 21.8. The Labute approximate surface area is 178 Å². The minimum atomic E-state index is -0.357. The fourth-order valence-electron chi connectivity index (χ4n) is 3.38. The van der Waals surface area contributed by atoms with Gasteiger partial charge in [-0.25, -0.2) is 4.39 Å². The Morgan fingerprint density at radius 3 is 2.55 bits per heavy atom. The Bertz CT molecular complexity index is 1280. The third-order valence-electron chi connectivity index (χ3n) is 5.00. The van der Waals surface area contributed by atoms with Crippen molar-refractivity contribution in [3.05, 3.63) is 112 Å². The predicted molar refractivity (Wildman–Crippen MR) is 115 cm³/mol. The van der Waals surface area contributed by atoms with E-state index < -0.39 is 0 Å². The highest BCUT2D eigenvalue weighted by Crippen LogP contribution is 2.19. The van der Waals surface area contributed by atoms with Gasteiger partial charge in [0.1, 0.15) is 17.1 Å². The van der Waals surface area contributed by atoms with E-state index in [9.17, 15) is 14.0 Å². The molecule has 0 aliphatic rings. The van der Waals surface area contributed by atoms with Crippen molar-refractivity contribution in [2.45, 2.75) is 13.1 Å². The number of carbonyl (C=O) groups is 1. The summed E-state index contributed by atoms with van der Waals surface area (Å²) in [5, 5.41) is 0.454. The average molecular weight is 417 g/mol. The molecule has 0 fully saturated rings. The molecule has 4 rings (SSSR count). The van der Waals surface area contributed by atoms with Crippen LogP contribution in [0.3, 0.4) is 0 Å². The van der Waals surface area contributed by atoms with Crippen LogP contribution in [-0.4, -0.2) is 17.9 Å². The molecule has 0 unspecified atom stereocenters. The quantitative estimate of drug-likeness (QED) is 0.453. The minimum absolute atomic E-state index is 0.0422. The maximum absolute atomic E-state index is 13.3. The van der Waals surface area contributed by atoms with Crippen molar-refractivity contribution in [1.82, 2.24) is 4.90 Å². The van der Waals surface area contributed by atoms with Crippen LogP contribution in [0.4, 0.5) is 4.39 Å². The smallest absolute Gasteiger partial charge is 0.254 e. The Hall–Kier alpha value is -3.93. The van der Waals surface area contributed by atoms with E-state index in [0.717, 1.165) is 5.56 Å². The first-order valence-corrected chi connectivity index (χ1v) is 9.72. The lowest BCUT2D eigenvalue weighted by molar-refractivity contribution is 0.0728. The Balaban J connectivity index is 1.71. The van der Waals surface area contributed by atoms with Gasteiger partial charge in [0, 0.05) is 12.1 Å². The zero-order valence-electron chi connectivity index (χ0n) is 16.9. The fraction of sp³-hybridized carbons (Fsp3) is 0.120. The summed E-state index contributed by atoms with van der Waals surface area (Å²) in [4.78, 5) is 27.8. The van der Waals surface area contributed by atoms with Crippen LogP contribution in [-0.2, 0) is 13.1 Å². The highest BCUT2D eigenvalue weighted by molar-refractivity contribution is 5.94. The molecule has 1 aromatic heterocycles. The molecule has 0 saturated heterocycles. The molecule has 0 aliphatic carbocycles. The molecule has 0 atom stereocenters. The second kappa shape index (κ2) is 8.83. The van der Waals surface area contributed by atoms with Crippen molar-refractivity contribution in [2.75, 3.05) is 7.11 Å². The molecule has 5 nitrogen and oxygen atoms in total. The SMILES string of the molecule is COc1cccc(C(=O)N(Cc2ccc(F)cc2)Cc2coc3ccccc3c2=O)c1. The summed E-state index contributed by atoms with van der Waals surface area (Å²) in [5.74, 6) is -0.0850. The molecule has 0 saturated carbocycles. The topological polar surface area (TPSA) is 59.8 Å². The lowest BCUT2D eigenvalue weighted by atomic mass is 10.1. The lowest BCUT2D eigenvalue weighted by Crippen LogP contribution is -2.32. The molecule has 0 radical (unpaired) electrons. The third-order valence-corrected chi connectivity index (χ3v) is 5.00. The number of carbonyl (C=O) groups excluding carboxylic acids is 1. The largest absolute Gasteiger partial charge is 0.497 e. The molecule has 156 valence electrons. The Morgan fingerprint density at radius 1 is 1.00 bits per heavy atom. The summed E-state index contributed by atoms with van der Waals surface area (Å²) >= 11 is 0. The maximum Gasteiger partial charge on any atom is 0.254 e. The number of nitrogens with zero attached hydrogens (tertiary/aromatic N) is 1. The maximum atomic E-state index is 13.3. The molecule has 0 N–H and O–H groups in total. The van der Waals surface area contributed by atoms with Crippen molar-refractivity contribution in [1.29, 1.82) is 0 Å². The van der Waals surface area contributed by atoms with Crippen LogP contribution in [0, 0.1) is 5.82 Å². The van der Waals surface area contributed by atoms with Gasteiger partial charge in [-0.1, -0.05) is 30.3 Å². The molecule has 0 aliphatic heterocycles. The van der Waals surface area contributed by atoms with E-state index in [0.29, 0.717) is 27.8 Å². The van der Waals surface area contributed by atoms with Crippen molar-refractivity contribution < 1.29 is 18.3 Å². The number of hydrogen-bond acceptors (Lipinski definition) is 4. The van der Waals surface area contributed by atoms with Crippen LogP contribution in [0.2, 0.25) is 0 Å². The monoisotopic (exact) mass is 417 g/mol. The molecule has 6 heteroatoms. The number of rotatable bonds is 6. The van der Waals surface area contributed by atoms with E-state index >= 15 is 0 Å². The van der Waals surface area contributed by atoms with Crippen LogP contribution in [0.5, 0.6) is 5.75 Å². The van der Waals surface area contributed by atoms with Gasteiger partial charge in [-0.3, -0.25) is 9.59 Å². The van der Waals surface area contributed by atoms with Crippen molar-refractivity contribution in [3.8, 4) is 5.75 Å². The van der Waals surface area contributed by atoms with Gasteiger partial charge in [-0.15, -0.1) is 0 Å². The number of para-hydroxylation sites is 1. The number of halogens is 1. The molecular formula is C25H20FNO4. The average Bonchev–Trinajstić information content (AvgIpc) is 2.81. The van der Waals surface area contributed by atoms with Crippen LogP contribution in [0.1, 0.15) is 21.5 Å². The molecule has 4 aromatic rings. The molecule has 1 amide bonds. The number of ether oxygens (including phenoxy) is 1. The number of amides is 1. The van der Waals surface area contributed by atoms with E-state index in [1.54, 1.807) is 60.7 Å². The Morgan fingerprint density at radius 2 is 1.77 bits per heavy atom. The molecule has 1 heterocycles. The van der Waals surface area contributed by atoms with E-state index in [1.165, 1.54) is 30.4 Å². The molecule has 0 bridgehead atoms. The van der Waals surface area contributed by atoms with Crippen LogP contribution >= 0.6 is 0 Å². The standard InChI is InChI=1S/C25H20FNO4/c1-30-21-6-4-5-18(13-21)25(29)27(14-17-9-11-20(26)12-10-17)15-19-16-31-23-8-3-2-7-22(23)24(19)28/h2-13,16H,14-15H2,1H3. The van der Waals surface area contributed by atoms with E-state index in [-0.39, 0.29) is 30.2 Å². The van der Waals surface area contributed by atoms with Gasteiger partial charge in [-0.05, 0) is 48.0 Å². The van der Waals surface area contributed by atoms with Gasteiger partial charge in [0.25, 0.3) is 5.91 Å². The highest BCUT2D eigenvalue weighted by atomic mass is 19.1. The van der Waals surface area contributed by atoms with Gasteiger partial charge in [0.2, 0.25) is 0 Å². The second-order valence-electron chi connectivity index (χ2n) is 7.11. The first kappa shape index (κ1) is 20.3. The highest BCUT2D eigenvalue weighted by Gasteiger charge is 2.20. The van der Waals surface area contributed by atoms with Gasteiger partial charge in [-0.2, -0.15) is 0 Å². The van der Waals surface area contributed by atoms with E-state index in [4.69, 9.17) is 9.15 Å². The third kappa shape index (κ3) is 4.48. The molecule has 3 aromatic carbocycles. The number of methoxy groups -OCH3 is 1. The fourth-order valence-corrected chi connectivity index (χ4v) is 3.38. The predicted octanol–water partition coefficient (Wildman–Crippen LogP) is 4.78. The minimum Gasteiger partial charge on any atom is -0.497 e. The van der Waals surface area contributed by atoms with Crippen molar-refractivity contribution >= 4 is 16.9 Å². The van der Waals surface area contributed by atoms with Crippen LogP contribution in [0.15, 0.2) is 88.3 Å². The second-order valence-corrected chi connectivity index (χ2v) is 7.11. The van der Waals surface area contributed by atoms with E-state index in [1.807, 2.05) is 0 Å². The first-order valence-electron chi connectivity index (χ1n) is 9.72. The summed E-state index contributed by atoms with van der Waals surface area (Å²) in [6, 6.07) is 19.7. The number of fused-ring (bicyclic) bond motifs is 1. The summed E-state index contributed by atoms with van der Waals surface area (Å²) in [5.41, 5.74) is 1.82.